The number of ether oxygens (including phenoxy) is 1. The smallest absolute Gasteiger partial charge is 0.340 e. The number of esters is 1. The predicted octanol–water partition coefficient (Wildman–Crippen LogP) is 2.60. The van der Waals surface area contributed by atoms with Gasteiger partial charge in [0.1, 0.15) is 11.6 Å². The number of carbonyl (C=O) groups is 2. The highest BCUT2D eigenvalue weighted by molar-refractivity contribution is 6.09. The van der Waals surface area contributed by atoms with Crippen molar-refractivity contribution in [2.45, 2.75) is 33.2 Å². The van der Waals surface area contributed by atoms with E-state index in [0.29, 0.717) is 5.69 Å². The molecule has 0 spiro atoms. The van der Waals surface area contributed by atoms with E-state index in [1.165, 1.54) is 6.20 Å². The zero-order valence-corrected chi connectivity index (χ0v) is 13.6. The molecular formula is C17H21N3O3. The van der Waals surface area contributed by atoms with Crippen molar-refractivity contribution in [3.05, 3.63) is 41.6 Å². The minimum Gasteiger partial charge on any atom is -0.462 e. The number of rotatable bonds is 7. The monoisotopic (exact) mass is 315 g/mol. The van der Waals surface area contributed by atoms with Crippen molar-refractivity contribution in [2.24, 2.45) is 0 Å². The molecule has 0 heterocycles. The largest absolute Gasteiger partial charge is 0.462 e. The third kappa shape index (κ3) is 5.47. The van der Waals surface area contributed by atoms with Gasteiger partial charge in [0.2, 0.25) is 0 Å². The van der Waals surface area contributed by atoms with E-state index in [2.05, 4.69) is 10.6 Å². The second-order valence-corrected chi connectivity index (χ2v) is 4.87. The Morgan fingerprint density at radius 1 is 1.35 bits per heavy atom. The highest BCUT2D eigenvalue weighted by Gasteiger charge is 2.16. The molecule has 1 unspecified atom stereocenters. The molecule has 122 valence electrons. The Morgan fingerprint density at radius 3 is 2.65 bits per heavy atom. The van der Waals surface area contributed by atoms with Crippen molar-refractivity contribution in [1.29, 1.82) is 5.26 Å². The fourth-order valence-electron chi connectivity index (χ4n) is 1.66. The summed E-state index contributed by atoms with van der Waals surface area (Å²) in [6.45, 7) is 5.88. The first-order valence-electron chi connectivity index (χ1n) is 7.47. The number of nitrogens with one attached hydrogen (secondary N) is 2. The van der Waals surface area contributed by atoms with Gasteiger partial charge in [-0.25, -0.2) is 4.79 Å². The molecule has 0 bridgehead atoms. The quantitative estimate of drug-likeness (QED) is 0.458. The van der Waals surface area contributed by atoms with Crippen LogP contribution in [0.15, 0.2) is 36.0 Å². The van der Waals surface area contributed by atoms with Crippen LogP contribution < -0.4 is 10.6 Å². The zero-order valence-electron chi connectivity index (χ0n) is 13.6. The van der Waals surface area contributed by atoms with Crippen molar-refractivity contribution in [1.82, 2.24) is 5.32 Å². The molecule has 1 rings (SSSR count). The molecule has 6 heteroatoms. The van der Waals surface area contributed by atoms with Crippen molar-refractivity contribution < 1.29 is 14.3 Å². The van der Waals surface area contributed by atoms with Gasteiger partial charge >= 0.3 is 5.97 Å². The van der Waals surface area contributed by atoms with Gasteiger partial charge < -0.3 is 15.4 Å². The van der Waals surface area contributed by atoms with Crippen LogP contribution in [-0.4, -0.2) is 24.5 Å². The first-order valence-corrected chi connectivity index (χ1v) is 7.47. The molecular weight excluding hydrogens is 294 g/mol. The molecule has 0 aliphatic heterocycles. The molecule has 0 aliphatic rings. The highest BCUT2D eigenvalue weighted by atomic mass is 16.5. The second kappa shape index (κ2) is 9.26. The summed E-state index contributed by atoms with van der Waals surface area (Å²) in [5.74, 6) is -1.11. The number of nitriles is 1. The lowest BCUT2D eigenvalue weighted by molar-refractivity contribution is -0.112. The highest BCUT2D eigenvalue weighted by Crippen LogP contribution is 2.17. The number of amides is 1. The van der Waals surface area contributed by atoms with E-state index in [1.807, 2.05) is 19.9 Å². The van der Waals surface area contributed by atoms with Crippen LogP contribution in [-0.2, 0) is 9.53 Å². The van der Waals surface area contributed by atoms with Crippen molar-refractivity contribution in [3.63, 3.8) is 0 Å². The summed E-state index contributed by atoms with van der Waals surface area (Å²) in [4.78, 5) is 24.1. The molecule has 6 nitrogen and oxygen atoms in total. The molecule has 0 saturated carbocycles. The van der Waals surface area contributed by atoms with Gasteiger partial charge in [0.25, 0.3) is 5.91 Å². The molecule has 0 radical (unpaired) electrons. The summed E-state index contributed by atoms with van der Waals surface area (Å²) >= 11 is 0. The first-order chi connectivity index (χ1) is 11.0. The number of benzene rings is 1. The number of hydrogen-bond donors (Lipinski definition) is 2. The van der Waals surface area contributed by atoms with E-state index >= 15 is 0 Å². The number of carbonyl (C=O) groups excluding carboxylic acids is 2. The van der Waals surface area contributed by atoms with Gasteiger partial charge in [0, 0.05) is 12.2 Å². The molecule has 0 saturated heterocycles. The normalized spacial score (nSPS) is 12.0. The summed E-state index contributed by atoms with van der Waals surface area (Å²) in [5, 5.41) is 14.7. The third-order valence-electron chi connectivity index (χ3n) is 3.16. The molecule has 23 heavy (non-hydrogen) atoms. The fraction of sp³-hybridized carbons (Fsp3) is 0.353. The molecule has 1 atom stereocenters. The topological polar surface area (TPSA) is 91.2 Å². The molecule has 0 fully saturated rings. The van der Waals surface area contributed by atoms with Crippen molar-refractivity contribution >= 4 is 17.6 Å². The van der Waals surface area contributed by atoms with Crippen LogP contribution in [0.3, 0.4) is 0 Å². The average Bonchev–Trinajstić information content (AvgIpc) is 2.55. The van der Waals surface area contributed by atoms with Gasteiger partial charge in [-0.2, -0.15) is 5.26 Å². The molecule has 0 aromatic heterocycles. The Balaban J connectivity index is 2.92. The van der Waals surface area contributed by atoms with Crippen LogP contribution in [0.1, 0.15) is 37.6 Å². The average molecular weight is 315 g/mol. The van der Waals surface area contributed by atoms with Crippen LogP contribution in [0, 0.1) is 11.3 Å². The van der Waals surface area contributed by atoms with Gasteiger partial charge in [-0.15, -0.1) is 0 Å². The molecule has 2 N–H and O–H groups in total. The van der Waals surface area contributed by atoms with E-state index < -0.39 is 11.9 Å². The Kier molecular flexibility index (Phi) is 7.34. The number of para-hydroxylation sites is 1. The van der Waals surface area contributed by atoms with Crippen LogP contribution in [0.2, 0.25) is 0 Å². The Bertz CT molecular complexity index is 632. The molecule has 1 amide bonds. The summed E-state index contributed by atoms with van der Waals surface area (Å²) in [6.07, 6.45) is 2.25. The zero-order chi connectivity index (χ0) is 17.2. The second-order valence-electron chi connectivity index (χ2n) is 4.87. The van der Waals surface area contributed by atoms with E-state index in [-0.39, 0.29) is 23.8 Å². The fourth-order valence-corrected chi connectivity index (χ4v) is 1.66. The van der Waals surface area contributed by atoms with Gasteiger partial charge in [-0.1, -0.05) is 19.1 Å². The maximum atomic E-state index is 12.2. The number of hydrogen-bond acceptors (Lipinski definition) is 5. The van der Waals surface area contributed by atoms with Gasteiger partial charge in [0.05, 0.1) is 17.9 Å². The summed E-state index contributed by atoms with van der Waals surface area (Å²) in [6, 6.07) is 8.50. The summed E-state index contributed by atoms with van der Waals surface area (Å²) in [5.41, 5.74) is 0.486. The van der Waals surface area contributed by atoms with Gasteiger partial charge in [0.15, 0.2) is 0 Å². The van der Waals surface area contributed by atoms with Crippen LogP contribution in [0.4, 0.5) is 5.69 Å². The molecule has 1 aromatic carbocycles. The van der Waals surface area contributed by atoms with E-state index in [4.69, 9.17) is 10.00 Å². The Hall–Kier alpha value is -2.81. The van der Waals surface area contributed by atoms with Gasteiger partial charge in [-0.3, -0.25) is 4.79 Å². The van der Waals surface area contributed by atoms with E-state index in [1.54, 1.807) is 31.2 Å². The Labute approximate surface area is 136 Å². The standard InChI is InChI=1S/C17H21N3O3/c1-4-12(3)19-11-13(10-18)16(21)20-15-9-7-6-8-14(15)17(22)23-5-2/h6-9,11-12,19H,4-5H2,1-3H3,(H,20,21)/b13-11-. The molecule has 0 aliphatic carbocycles. The van der Waals surface area contributed by atoms with E-state index in [0.717, 1.165) is 6.42 Å². The lowest BCUT2D eigenvalue weighted by Gasteiger charge is -2.11. The minimum atomic E-state index is -0.583. The summed E-state index contributed by atoms with van der Waals surface area (Å²) in [7, 11) is 0. The Morgan fingerprint density at radius 2 is 2.04 bits per heavy atom. The maximum Gasteiger partial charge on any atom is 0.340 e. The van der Waals surface area contributed by atoms with Crippen LogP contribution in [0.25, 0.3) is 0 Å². The third-order valence-corrected chi connectivity index (χ3v) is 3.16. The van der Waals surface area contributed by atoms with E-state index in [9.17, 15) is 9.59 Å². The number of nitrogens with zero attached hydrogens (tertiary/aromatic N) is 1. The first kappa shape index (κ1) is 18.2. The van der Waals surface area contributed by atoms with Crippen molar-refractivity contribution in [3.8, 4) is 6.07 Å². The molecule has 1 aromatic rings. The maximum absolute atomic E-state index is 12.2. The predicted molar refractivity (Wildman–Crippen MR) is 87.6 cm³/mol. The summed E-state index contributed by atoms with van der Waals surface area (Å²) < 4.78 is 4.95. The lowest BCUT2D eigenvalue weighted by Crippen LogP contribution is -2.23. The van der Waals surface area contributed by atoms with Gasteiger partial charge in [-0.05, 0) is 32.4 Å². The minimum absolute atomic E-state index is 0.0658. The van der Waals surface area contributed by atoms with Crippen LogP contribution >= 0.6 is 0 Å². The number of anilines is 1. The SMILES string of the molecule is CCOC(=O)c1ccccc1NC(=O)/C(C#N)=C\NC(C)CC. The van der Waals surface area contributed by atoms with Crippen molar-refractivity contribution in [2.75, 3.05) is 11.9 Å². The van der Waals surface area contributed by atoms with Crippen LogP contribution in [0.5, 0.6) is 0 Å². The lowest BCUT2D eigenvalue weighted by atomic mass is 10.1.